The fourth-order valence-electron chi connectivity index (χ4n) is 2.51. The van der Waals surface area contributed by atoms with Crippen LogP contribution in [-0.2, 0) is 11.2 Å². The Balaban J connectivity index is 1.85. The molecule has 1 aliphatic rings. The second-order valence-electron chi connectivity index (χ2n) is 4.84. The van der Waals surface area contributed by atoms with Crippen LogP contribution in [0.4, 0.5) is 0 Å². The number of Topliss-reactive ketones (excluding diaryl/α,β-unsaturated/α-hetero) is 1. The molecule has 17 heavy (non-hydrogen) atoms. The van der Waals surface area contributed by atoms with Gasteiger partial charge in [0.25, 0.3) is 0 Å². The number of carbonyl (C=O) groups is 1. The van der Waals surface area contributed by atoms with Gasteiger partial charge in [0.15, 0.2) is 0 Å². The minimum Gasteiger partial charge on any atom is -0.304 e. The Bertz CT molecular complexity index is 352. The Morgan fingerprint density at radius 3 is 2.47 bits per heavy atom. The van der Waals surface area contributed by atoms with E-state index in [4.69, 9.17) is 0 Å². The van der Waals surface area contributed by atoms with Crippen molar-refractivity contribution in [2.45, 2.75) is 26.2 Å². The summed E-state index contributed by atoms with van der Waals surface area (Å²) >= 11 is 0. The van der Waals surface area contributed by atoms with Gasteiger partial charge in [-0.15, -0.1) is 0 Å². The molecule has 2 rings (SSSR count). The molecule has 0 radical (unpaired) electrons. The first-order chi connectivity index (χ1) is 8.29. The van der Waals surface area contributed by atoms with Crippen molar-refractivity contribution in [2.24, 2.45) is 5.92 Å². The maximum absolute atomic E-state index is 12.1. The number of likely N-dealkylation sites (tertiary alicyclic amines) is 1. The Hall–Kier alpha value is -1.15. The van der Waals surface area contributed by atoms with Gasteiger partial charge in [-0.05, 0) is 38.0 Å². The van der Waals surface area contributed by atoms with Gasteiger partial charge in [0.2, 0.25) is 0 Å². The maximum atomic E-state index is 12.1. The van der Waals surface area contributed by atoms with Gasteiger partial charge in [-0.3, -0.25) is 4.79 Å². The highest BCUT2D eigenvalue weighted by molar-refractivity contribution is 5.83. The third-order valence-electron chi connectivity index (χ3n) is 3.71. The Morgan fingerprint density at radius 2 is 1.88 bits per heavy atom. The molecule has 0 N–H and O–H groups in total. The number of rotatable bonds is 4. The highest BCUT2D eigenvalue weighted by atomic mass is 16.1. The molecule has 2 heteroatoms. The van der Waals surface area contributed by atoms with E-state index in [0.29, 0.717) is 12.2 Å². The predicted octanol–water partition coefficient (Wildman–Crippen LogP) is 2.53. The highest BCUT2D eigenvalue weighted by Crippen LogP contribution is 2.19. The van der Waals surface area contributed by atoms with Crippen LogP contribution in [0.1, 0.15) is 25.3 Å². The van der Waals surface area contributed by atoms with E-state index in [-0.39, 0.29) is 5.92 Å². The molecule has 0 aliphatic carbocycles. The fourth-order valence-corrected chi connectivity index (χ4v) is 2.51. The first-order valence-corrected chi connectivity index (χ1v) is 6.58. The summed E-state index contributed by atoms with van der Waals surface area (Å²) in [4.78, 5) is 14.6. The van der Waals surface area contributed by atoms with E-state index in [9.17, 15) is 4.79 Å². The zero-order valence-electron chi connectivity index (χ0n) is 10.6. The normalized spacial score (nSPS) is 18.2. The Morgan fingerprint density at radius 1 is 1.24 bits per heavy atom. The molecular formula is C15H21NO. The summed E-state index contributed by atoms with van der Waals surface area (Å²) in [7, 11) is 0. The zero-order valence-corrected chi connectivity index (χ0v) is 10.6. The Labute approximate surface area is 104 Å². The monoisotopic (exact) mass is 231 g/mol. The third kappa shape index (κ3) is 3.40. The van der Waals surface area contributed by atoms with Gasteiger partial charge in [0.05, 0.1) is 0 Å². The van der Waals surface area contributed by atoms with Crippen LogP contribution >= 0.6 is 0 Å². The molecule has 0 aromatic heterocycles. The second kappa shape index (κ2) is 5.97. The van der Waals surface area contributed by atoms with E-state index in [1.54, 1.807) is 0 Å². The summed E-state index contributed by atoms with van der Waals surface area (Å²) in [6.45, 7) is 5.47. The lowest BCUT2D eigenvalue weighted by Gasteiger charge is -2.30. The molecule has 0 spiro atoms. The minimum atomic E-state index is 0.290. The molecule has 0 unspecified atom stereocenters. The standard InChI is InChI=1S/C15H21NO/c1-2-16-10-8-14(9-11-16)15(17)12-13-6-4-3-5-7-13/h3-7,14H,2,8-12H2,1H3. The van der Waals surface area contributed by atoms with Crippen molar-refractivity contribution in [3.63, 3.8) is 0 Å². The van der Waals surface area contributed by atoms with Gasteiger partial charge in [0, 0.05) is 12.3 Å². The van der Waals surface area contributed by atoms with Gasteiger partial charge in [-0.2, -0.15) is 0 Å². The number of hydrogen-bond acceptors (Lipinski definition) is 2. The predicted molar refractivity (Wildman–Crippen MR) is 70.0 cm³/mol. The first-order valence-electron chi connectivity index (χ1n) is 6.58. The Kier molecular flexibility index (Phi) is 4.32. The molecule has 0 amide bonds. The van der Waals surface area contributed by atoms with Gasteiger partial charge < -0.3 is 4.90 Å². The van der Waals surface area contributed by atoms with E-state index in [1.807, 2.05) is 30.3 Å². The molecule has 1 aromatic rings. The summed E-state index contributed by atoms with van der Waals surface area (Å²) in [5.74, 6) is 0.713. The molecule has 1 saturated heterocycles. The average Bonchev–Trinajstić information content (AvgIpc) is 2.40. The summed E-state index contributed by atoms with van der Waals surface area (Å²) in [5, 5.41) is 0. The second-order valence-corrected chi connectivity index (χ2v) is 4.84. The summed E-state index contributed by atoms with van der Waals surface area (Å²) in [6, 6.07) is 10.1. The van der Waals surface area contributed by atoms with E-state index < -0.39 is 0 Å². The average molecular weight is 231 g/mol. The van der Waals surface area contributed by atoms with Gasteiger partial charge >= 0.3 is 0 Å². The van der Waals surface area contributed by atoms with Crippen LogP contribution in [0, 0.1) is 5.92 Å². The fraction of sp³-hybridized carbons (Fsp3) is 0.533. The first kappa shape index (κ1) is 12.3. The minimum absolute atomic E-state index is 0.290. The van der Waals surface area contributed by atoms with Crippen LogP contribution in [0.5, 0.6) is 0 Å². The van der Waals surface area contributed by atoms with Crippen molar-refractivity contribution >= 4 is 5.78 Å². The van der Waals surface area contributed by atoms with Gasteiger partial charge in [0.1, 0.15) is 5.78 Å². The topological polar surface area (TPSA) is 20.3 Å². The van der Waals surface area contributed by atoms with Crippen molar-refractivity contribution < 1.29 is 4.79 Å². The molecule has 2 nitrogen and oxygen atoms in total. The lowest BCUT2D eigenvalue weighted by atomic mass is 9.89. The number of piperidine rings is 1. The molecule has 1 aliphatic heterocycles. The third-order valence-corrected chi connectivity index (χ3v) is 3.71. The molecule has 92 valence electrons. The van der Waals surface area contributed by atoms with Crippen LogP contribution < -0.4 is 0 Å². The van der Waals surface area contributed by atoms with Crippen molar-refractivity contribution in [3.05, 3.63) is 35.9 Å². The van der Waals surface area contributed by atoms with Crippen molar-refractivity contribution in [2.75, 3.05) is 19.6 Å². The number of benzene rings is 1. The molecular weight excluding hydrogens is 210 g/mol. The maximum Gasteiger partial charge on any atom is 0.140 e. The van der Waals surface area contributed by atoms with Crippen molar-refractivity contribution in [3.8, 4) is 0 Å². The quantitative estimate of drug-likeness (QED) is 0.793. The summed E-state index contributed by atoms with van der Waals surface area (Å²) in [6.07, 6.45) is 2.69. The van der Waals surface area contributed by atoms with Crippen LogP contribution in [0.3, 0.4) is 0 Å². The molecule has 0 saturated carbocycles. The molecule has 0 bridgehead atoms. The van der Waals surface area contributed by atoms with E-state index in [2.05, 4.69) is 11.8 Å². The lowest BCUT2D eigenvalue weighted by Crippen LogP contribution is -2.36. The number of nitrogens with zero attached hydrogens (tertiary/aromatic N) is 1. The van der Waals surface area contributed by atoms with E-state index >= 15 is 0 Å². The lowest BCUT2D eigenvalue weighted by molar-refractivity contribution is -0.123. The van der Waals surface area contributed by atoms with Crippen LogP contribution in [0.2, 0.25) is 0 Å². The smallest absolute Gasteiger partial charge is 0.140 e. The highest BCUT2D eigenvalue weighted by Gasteiger charge is 2.23. The van der Waals surface area contributed by atoms with E-state index in [1.165, 1.54) is 0 Å². The molecule has 1 fully saturated rings. The van der Waals surface area contributed by atoms with Crippen LogP contribution in [0.25, 0.3) is 0 Å². The molecule has 1 heterocycles. The largest absolute Gasteiger partial charge is 0.304 e. The van der Waals surface area contributed by atoms with Crippen molar-refractivity contribution in [1.82, 2.24) is 4.90 Å². The van der Waals surface area contributed by atoms with Crippen LogP contribution in [-0.4, -0.2) is 30.3 Å². The van der Waals surface area contributed by atoms with Gasteiger partial charge in [-0.25, -0.2) is 0 Å². The summed E-state index contributed by atoms with van der Waals surface area (Å²) < 4.78 is 0. The molecule has 1 aromatic carbocycles. The van der Waals surface area contributed by atoms with Crippen LogP contribution in [0.15, 0.2) is 30.3 Å². The van der Waals surface area contributed by atoms with Gasteiger partial charge in [-0.1, -0.05) is 37.3 Å². The molecule has 0 atom stereocenters. The van der Waals surface area contributed by atoms with Crippen molar-refractivity contribution in [1.29, 1.82) is 0 Å². The summed E-state index contributed by atoms with van der Waals surface area (Å²) in [5.41, 5.74) is 1.15. The number of carbonyl (C=O) groups excluding carboxylic acids is 1. The van der Waals surface area contributed by atoms with E-state index in [0.717, 1.165) is 38.0 Å². The zero-order chi connectivity index (χ0) is 12.1. The SMILES string of the molecule is CCN1CCC(C(=O)Cc2ccccc2)CC1. The number of hydrogen-bond donors (Lipinski definition) is 0. The number of ketones is 1.